The Bertz CT molecular complexity index is 1020. The molecule has 2 aliphatic heterocycles. The quantitative estimate of drug-likeness (QED) is 0.796. The van der Waals surface area contributed by atoms with Crippen LogP contribution in [0.1, 0.15) is 36.0 Å². The minimum atomic E-state index is -3.31. The molecule has 4 rings (SSSR count). The van der Waals surface area contributed by atoms with Gasteiger partial charge in [-0.15, -0.1) is 0 Å². The lowest BCUT2D eigenvalue weighted by Gasteiger charge is -2.29. The molecule has 2 aromatic rings. The monoisotopic (exact) mass is 434 g/mol. The summed E-state index contributed by atoms with van der Waals surface area (Å²) < 4.78 is 25.8. The lowest BCUT2D eigenvalue weighted by atomic mass is 10.1. The van der Waals surface area contributed by atoms with Crippen LogP contribution in [-0.2, 0) is 10.0 Å². The van der Waals surface area contributed by atoms with Crippen LogP contribution in [0.5, 0.6) is 0 Å². The van der Waals surface area contributed by atoms with Gasteiger partial charge in [0.1, 0.15) is 5.82 Å². The predicted molar refractivity (Wildman–Crippen MR) is 115 cm³/mol. The summed E-state index contributed by atoms with van der Waals surface area (Å²) in [4.78, 5) is 19.6. The second-order valence-corrected chi connectivity index (χ2v) is 9.70. The number of carbonyl (C=O) groups is 1. The highest BCUT2D eigenvalue weighted by Gasteiger charge is 2.29. The summed E-state index contributed by atoms with van der Waals surface area (Å²) in [6, 6.07) is 8.35. The Kier molecular flexibility index (Phi) is 5.65. The Labute approximate surface area is 175 Å². The Morgan fingerprint density at radius 2 is 1.86 bits per heavy atom. The molecule has 0 saturated carbocycles. The predicted octanol–water partition coefficient (Wildman–Crippen LogP) is 3.52. The topological polar surface area (TPSA) is 82.6 Å². The summed E-state index contributed by atoms with van der Waals surface area (Å²) in [5.41, 5.74) is 1.36. The molecule has 3 heterocycles. The summed E-state index contributed by atoms with van der Waals surface area (Å²) >= 11 is 6.29. The average Bonchev–Trinajstić information content (AvgIpc) is 3.09. The molecule has 29 heavy (non-hydrogen) atoms. The maximum Gasteiger partial charge on any atom is 0.259 e. The molecule has 1 aromatic carbocycles. The van der Waals surface area contributed by atoms with Crippen LogP contribution < -0.4 is 14.5 Å². The molecule has 0 unspecified atom stereocenters. The van der Waals surface area contributed by atoms with E-state index in [1.54, 1.807) is 36.5 Å². The molecular formula is C20H23ClN4O3S. The van der Waals surface area contributed by atoms with E-state index in [0.29, 0.717) is 40.7 Å². The number of halogens is 1. The van der Waals surface area contributed by atoms with Crippen molar-refractivity contribution in [2.75, 3.05) is 39.9 Å². The molecule has 2 aliphatic rings. The summed E-state index contributed by atoms with van der Waals surface area (Å²) in [7, 11) is -3.31. The maximum absolute atomic E-state index is 13.0. The number of sulfonamides is 1. The van der Waals surface area contributed by atoms with E-state index in [4.69, 9.17) is 11.6 Å². The molecule has 2 saturated heterocycles. The normalized spacial score (nSPS) is 18.7. The van der Waals surface area contributed by atoms with Crippen LogP contribution in [0.4, 0.5) is 17.2 Å². The van der Waals surface area contributed by atoms with Crippen molar-refractivity contribution in [1.29, 1.82) is 0 Å². The third kappa shape index (κ3) is 4.18. The zero-order valence-corrected chi connectivity index (χ0v) is 17.5. The number of pyridine rings is 1. The zero-order chi connectivity index (χ0) is 20.4. The van der Waals surface area contributed by atoms with Gasteiger partial charge in [0, 0.05) is 25.8 Å². The molecule has 0 atom stereocenters. The third-order valence-corrected chi connectivity index (χ3v) is 7.47. The van der Waals surface area contributed by atoms with Gasteiger partial charge in [-0.2, -0.15) is 0 Å². The number of amides is 1. The maximum atomic E-state index is 13.0. The second-order valence-electron chi connectivity index (χ2n) is 7.28. The molecule has 0 radical (unpaired) electrons. The second kappa shape index (κ2) is 8.20. The first kappa shape index (κ1) is 20.0. The van der Waals surface area contributed by atoms with Gasteiger partial charge in [0.25, 0.3) is 5.91 Å². The first-order valence-corrected chi connectivity index (χ1v) is 11.8. The summed E-state index contributed by atoms with van der Waals surface area (Å²) in [5.74, 6) is 0.479. The number of hydrogen-bond donors (Lipinski definition) is 1. The Morgan fingerprint density at radius 3 is 2.59 bits per heavy atom. The SMILES string of the molecule is O=C(Nc1cc(N2CCCS2(=O)=O)ccc1Cl)c1cccnc1N1CCCCC1. The summed E-state index contributed by atoms with van der Waals surface area (Å²) in [6.07, 6.45) is 5.62. The van der Waals surface area contributed by atoms with Crippen molar-refractivity contribution in [3.8, 4) is 0 Å². The number of rotatable bonds is 4. The molecule has 1 aromatic heterocycles. The van der Waals surface area contributed by atoms with Crippen molar-refractivity contribution in [3.63, 3.8) is 0 Å². The molecule has 0 bridgehead atoms. The zero-order valence-electron chi connectivity index (χ0n) is 16.0. The van der Waals surface area contributed by atoms with Crippen molar-refractivity contribution in [2.45, 2.75) is 25.7 Å². The number of nitrogens with zero attached hydrogens (tertiary/aromatic N) is 3. The van der Waals surface area contributed by atoms with Gasteiger partial charge >= 0.3 is 0 Å². The Hall–Kier alpha value is -2.32. The number of piperidine rings is 1. The number of benzene rings is 1. The first-order chi connectivity index (χ1) is 14.0. The van der Waals surface area contributed by atoms with Crippen LogP contribution in [0.2, 0.25) is 5.02 Å². The van der Waals surface area contributed by atoms with Crippen molar-refractivity contribution < 1.29 is 13.2 Å². The summed E-state index contributed by atoms with van der Waals surface area (Å²) in [6.45, 7) is 2.18. The van der Waals surface area contributed by atoms with Crippen molar-refractivity contribution in [2.24, 2.45) is 0 Å². The molecule has 0 aliphatic carbocycles. The van der Waals surface area contributed by atoms with Crippen LogP contribution in [-0.4, -0.2) is 44.7 Å². The molecule has 0 spiro atoms. The lowest BCUT2D eigenvalue weighted by Crippen LogP contribution is -2.32. The molecule has 154 valence electrons. The number of hydrogen-bond acceptors (Lipinski definition) is 5. The van der Waals surface area contributed by atoms with Gasteiger partial charge in [-0.05, 0) is 56.0 Å². The lowest BCUT2D eigenvalue weighted by molar-refractivity contribution is 0.102. The number of carbonyl (C=O) groups excluding carboxylic acids is 1. The smallest absolute Gasteiger partial charge is 0.259 e. The van der Waals surface area contributed by atoms with Crippen LogP contribution in [0.3, 0.4) is 0 Å². The van der Waals surface area contributed by atoms with E-state index in [1.165, 1.54) is 10.7 Å². The number of anilines is 3. The highest BCUT2D eigenvalue weighted by Crippen LogP contribution is 2.32. The third-order valence-electron chi connectivity index (χ3n) is 5.27. The minimum absolute atomic E-state index is 0.131. The number of nitrogens with one attached hydrogen (secondary N) is 1. The average molecular weight is 435 g/mol. The van der Waals surface area contributed by atoms with Gasteiger partial charge in [-0.3, -0.25) is 9.10 Å². The van der Waals surface area contributed by atoms with E-state index in [1.807, 2.05) is 0 Å². The molecule has 2 fully saturated rings. The highest BCUT2D eigenvalue weighted by molar-refractivity contribution is 7.93. The molecular weight excluding hydrogens is 412 g/mol. The number of aromatic nitrogens is 1. The van der Waals surface area contributed by atoms with Crippen molar-refractivity contribution in [1.82, 2.24) is 4.98 Å². The Morgan fingerprint density at radius 1 is 1.07 bits per heavy atom. The van der Waals surface area contributed by atoms with Crippen LogP contribution in [0.25, 0.3) is 0 Å². The fraction of sp³-hybridized carbons (Fsp3) is 0.400. The standard InChI is InChI=1S/C20H23ClN4O3S/c21-17-8-7-15(25-12-5-13-29(25,27)28)14-18(17)23-20(26)16-6-4-9-22-19(16)24-10-2-1-3-11-24/h4,6-9,14H,1-3,5,10-13H2,(H,23,26). The van der Waals surface area contributed by atoms with Crippen LogP contribution in [0, 0.1) is 0 Å². The van der Waals surface area contributed by atoms with Gasteiger partial charge in [-0.1, -0.05) is 11.6 Å². The van der Waals surface area contributed by atoms with Gasteiger partial charge in [0.15, 0.2) is 0 Å². The molecule has 1 amide bonds. The van der Waals surface area contributed by atoms with Gasteiger partial charge in [0.2, 0.25) is 10.0 Å². The van der Waals surface area contributed by atoms with E-state index in [2.05, 4.69) is 15.2 Å². The fourth-order valence-corrected chi connectivity index (χ4v) is 5.54. The van der Waals surface area contributed by atoms with Gasteiger partial charge < -0.3 is 10.2 Å². The largest absolute Gasteiger partial charge is 0.356 e. The Balaban J connectivity index is 1.60. The van der Waals surface area contributed by atoms with Crippen LogP contribution >= 0.6 is 11.6 Å². The first-order valence-electron chi connectivity index (χ1n) is 9.77. The fourth-order valence-electron chi connectivity index (χ4n) is 3.82. The highest BCUT2D eigenvalue weighted by atomic mass is 35.5. The van der Waals surface area contributed by atoms with E-state index in [0.717, 1.165) is 25.9 Å². The van der Waals surface area contributed by atoms with Gasteiger partial charge in [-0.25, -0.2) is 13.4 Å². The van der Waals surface area contributed by atoms with E-state index in [9.17, 15) is 13.2 Å². The summed E-state index contributed by atoms with van der Waals surface area (Å²) in [5, 5.41) is 3.19. The van der Waals surface area contributed by atoms with E-state index >= 15 is 0 Å². The van der Waals surface area contributed by atoms with Gasteiger partial charge in [0.05, 0.1) is 27.7 Å². The minimum Gasteiger partial charge on any atom is -0.356 e. The molecule has 1 N–H and O–H groups in total. The van der Waals surface area contributed by atoms with E-state index in [-0.39, 0.29) is 11.7 Å². The van der Waals surface area contributed by atoms with Crippen molar-refractivity contribution >= 4 is 44.7 Å². The molecule has 7 nitrogen and oxygen atoms in total. The van der Waals surface area contributed by atoms with Crippen molar-refractivity contribution in [3.05, 3.63) is 47.1 Å². The van der Waals surface area contributed by atoms with Crippen LogP contribution in [0.15, 0.2) is 36.5 Å². The van der Waals surface area contributed by atoms with E-state index < -0.39 is 10.0 Å². The molecule has 9 heteroatoms.